The number of amides is 1. The second kappa shape index (κ2) is 5.91. The monoisotopic (exact) mass is 252 g/mol. The largest absolute Gasteiger partial charge is 0.465 e. The van der Waals surface area contributed by atoms with Gasteiger partial charge in [0.15, 0.2) is 0 Å². The van der Waals surface area contributed by atoms with Crippen LogP contribution in [0.2, 0.25) is 0 Å². The zero-order valence-electron chi connectivity index (χ0n) is 9.58. The third-order valence-electron chi connectivity index (χ3n) is 2.89. The standard InChI is InChI=1S/C12H16N2O2S/c15-12(16)14-7-3-4-10(8-14)9-17-11-5-1-2-6-13-11/h1-2,5-6,10H,3-4,7-9H2,(H,15,16). The van der Waals surface area contributed by atoms with E-state index in [2.05, 4.69) is 4.98 Å². The van der Waals surface area contributed by atoms with Crippen molar-refractivity contribution < 1.29 is 9.90 Å². The average molecular weight is 252 g/mol. The van der Waals surface area contributed by atoms with E-state index in [0.29, 0.717) is 19.0 Å². The first-order valence-corrected chi connectivity index (χ1v) is 6.76. The molecule has 1 atom stereocenters. The maximum atomic E-state index is 10.9. The third-order valence-corrected chi connectivity index (χ3v) is 4.07. The number of piperidine rings is 1. The van der Waals surface area contributed by atoms with E-state index in [9.17, 15) is 4.79 Å². The predicted molar refractivity (Wildman–Crippen MR) is 67.3 cm³/mol. The molecule has 5 heteroatoms. The van der Waals surface area contributed by atoms with E-state index < -0.39 is 6.09 Å². The highest BCUT2D eigenvalue weighted by Gasteiger charge is 2.23. The molecule has 1 aromatic heterocycles. The first-order chi connectivity index (χ1) is 8.25. The Labute approximate surface area is 105 Å². The zero-order valence-corrected chi connectivity index (χ0v) is 10.4. The van der Waals surface area contributed by atoms with Gasteiger partial charge in [0, 0.05) is 25.0 Å². The Morgan fingerprint density at radius 2 is 2.47 bits per heavy atom. The van der Waals surface area contributed by atoms with E-state index in [1.807, 2.05) is 18.2 Å². The Balaban J connectivity index is 1.81. The Morgan fingerprint density at radius 1 is 1.59 bits per heavy atom. The Morgan fingerprint density at radius 3 is 3.18 bits per heavy atom. The van der Waals surface area contributed by atoms with Crippen molar-refractivity contribution in [1.82, 2.24) is 9.88 Å². The first kappa shape index (κ1) is 12.2. The zero-order chi connectivity index (χ0) is 12.1. The molecule has 4 nitrogen and oxygen atoms in total. The smallest absolute Gasteiger partial charge is 0.407 e. The SMILES string of the molecule is O=C(O)N1CCCC(CSc2ccccn2)C1. The normalized spacial score (nSPS) is 20.2. The van der Waals surface area contributed by atoms with Crippen molar-refractivity contribution in [3.8, 4) is 0 Å². The predicted octanol–water partition coefficient (Wildman–Crippen LogP) is 2.56. The highest BCUT2D eigenvalue weighted by Crippen LogP contribution is 2.24. The molecule has 1 unspecified atom stereocenters. The molecule has 1 aliphatic rings. The number of hydrogen-bond acceptors (Lipinski definition) is 3. The van der Waals surface area contributed by atoms with Gasteiger partial charge in [-0.25, -0.2) is 9.78 Å². The molecule has 1 saturated heterocycles. The minimum absolute atomic E-state index is 0.451. The van der Waals surface area contributed by atoms with Crippen molar-refractivity contribution in [3.05, 3.63) is 24.4 Å². The quantitative estimate of drug-likeness (QED) is 0.840. The topological polar surface area (TPSA) is 53.4 Å². The number of likely N-dealkylation sites (tertiary alicyclic amines) is 1. The summed E-state index contributed by atoms with van der Waals surface area (Å²) >= 11 is 1.71. The number of nitrogens with zero attached hydrogens (tertiary/aromatic N) is 2. The summed E-state index contributed by atoms with van der Waals surface area (Å²) in [5.41, 5.74) is 0. The lowest BCUT2D eigenvalue weighted by molar-refractivity contribution is 0.124. The second-order valence-corrected chi connectivity index (χ2v) is 5.26. The molecule has 0 spiro atoms. The molecule has 1 aromatic rings. The summed E-state index contributed by atoms with van der Waals surface area (Å²) in [5.74, 6) is 1.40. The number of pyridine rings is 1. The fourth-order valence-electron chi connectivity index (χ4n) is 2.01. The molecule has 1 fully saturated rings. The lowest BCUT2D eigenvalue weighted by Crippen LogP contribution is -2.39. The molecule has 0 aliphatic carbocycles. The van der Waals surface area contributed by atoms with Crippen molar-refractivity contribution in [3.63, 3.8) is 0 Å². The third kappa shape index (κ3) is 3.63. The van der Waals surface area contributed by atoms with Crippen molar-refractivity contribution in [1.29, 1.82) is 0 Å². The summed E-state index contributed by atoms with van der Waals surface area (Å²) in [5, 5.41) is 9.96. The second-order valence-electron chi connectivity index (χ2n) is 4.22. The van der Waals surface area contributed by atoms with Gasteiger partial charge in [-0.1, -0.05) is 6.07 Å². The van der Waals surface area contributed by atoms with E-state index in [0.717, 1.165) is 23.6 Å². The Bertz CT molecular complexity index is 372. The highest BCUT2D eigenvalue weighted by molar-refractivity contribution is 7.99. The van der Waals surface area contributed by atoms with Gasteiger partial charge in [0.1, 0.15) is 0 Å². The van der Waals surface area contributed by atoms with Crippen LogP contribution in [0.15, 0.2) is 29.4 Å². The maximum Gasteiger partial charge on any atom is 0.407 e. The number of carboxylic acid groups (broad SMARTS) is 1. The summed E-state index contributed by atoms with van der Waals surface area (Å²) < 4.78 is 0. The van der Waals surface area contributed by atoms with Crippen LogP contribution in [-0.2, 0) is 0 Å². The van der Waals surface area contributed by atoms with E-state index in [4.69, 9.17) is 5.11 Å². The van der Waals surface area contributed by atoms with Gasteiger partial charge in [0.25, 0.3) is 0 Å². The summed E-state index contributed by atoms with van der Waals surface area (Å²) in [6.07, 6.45) is 3.08. The van der Waals surface area contributed by atoms with Crippen LogP contribution in [0, 0.1) is 5.92 Å². The molecule has 0 aromatic carbocycles. The van der Waals surface area contributed by atoms with Gasteiger partial charge in [0.05, 0.1) is 5.03 Å². The fraction of sp³-hybridized carbons (Fsp3) is 0.500. The Kier molecular flexibility index (Phi) is 4.25. The van der Waals surface area contributed by atoms with Gasteiger partial charge >= 0.3 is 6.09 Å². The van der Waals surface area contributed by atoms with E-state index >= 15 is 0 Å². The van der Waals surface area contributed by atoms with Crippen LogP contribution in [0.3, 0.4) is 0 Å². The van der Waals surface area contributed by atoms with E-state index in [1.54, 1.807) is 18.0 Å². The highest BCUT2D eigenvalue weighted by atomic mass is 32.2. The number of thioether (sulfide) groups is 1. The molecular formula is C12H16N2O2S. The van der Waals surface area contributed by atoms with Gasteiger partial charge in [-0.05, 0) is 30.9 Å². The van der Waals surface area contributed by atoms with Gasteiger partial charge < -0.3 is 10.0 Å². The minimum atomic E-state index is -0.794. The van der Waals surface area contributed by atoms with Gasteiger partial charge in [-0.3, -0.25) is 0 Å². The van der Waals surface area contributed by atoms with Crippen LogP contribution in [0.4, 0.5) is 4.79 Å². The number of aromatic nitrogens is 1. The van der Waals surface area contributed by atoms with Crippen LogP contribution >= 0.6 is 11.8 Å². The molecular weight excluding hydrogens is 236 g/mol. The van der Waals surface area contributed by atoms with E-state index in [-0.39, 0.29) is 0 Å². The fourth-order valence-corrected chi connectivity index (χ4v) is 3.00. The summed E-state index contributed by atoms with van der Waals surface area (Å²) in [6, 6.07) is 5.86. The van der Waals surface area contributed by atoms with Gasteiger partial charge in [-0.2, -0.15) is 0 Å². The first-order valence-electron chi connectivity index (χ1n) is 5.77. The molecule has 0 saturated carbocycles. The van der Waals surface area contributed by atoms with E-state index in [1.165, 1.54) is 4.90 Å². The lowest BCUT2D eigenvalue weighted by Gasteiger charge is -2.30. The van der Waals surface area contributed by atoms with Gasteiger partial charge in [-0.15, -0.1) is 11.8 Å². The average Bonchev–Trinajstić information content (AvgIpc) is 2.38. The van der Waals surface area contributed by atoms with Crippen LogP contribution in [0.25, 0.3) is 0 Å². The Hall–Kier alpha value is -1.23. The molecule has 1 aliphatic heterocycles. The van der Waals surface area contributed by atoms with Crippen LogP contribution in [-0.4, -0.2) is 39.9 Å². The summed E-state index contributed by atoms with van der Waals surface area (Å²) in [6.45, 7) is 1.34. The molecule has 2 heterocycles. The maximum absolute atomic E-state index is 10.9. The van der Waals surface area contributed by atoms with Crippen LogP contribution < -0.4 is 0 Å². The number of rotatable bonds is 3. The molecule has 17 heavy (non-hydrogen) atoms. The molecule has 0 radical (unpaired) electrons. The molecule has 1 amide bonds. The van der Waals surface area contributed by atoms with Crippen molar-refractivity contribution in [2.75, 3.05) is 18.8 Å². The van der Waals surface area contributed by atoms with Crippen LogP contribution in [0.1, 0.15) is 12.8 Å². The molecule has 1 N–H and O–H groups in total. The van der Waals surface area contributed by atoms with Crippen LogP contribution in [0.5, 0.6) is 0 Å². The minimum Gasteiger partial charge on any atom is -0.465 e. The summed E-state index contributed by atoms with van der Waals surface area (Å²) in [7, 11) is 0. The number of hydrogen-bond donors (Lipinski definition) is 1. The van der Waals surface area contributed by atoms with Gasteiger partial charge in [0.2, 0.25) is 0 Å². The molecule has 2 rings (SSSR count). The van der Waals surface area contributed by atoms with Crippen molar-refractivity contribution in [2.45, 2.75) is 17.9 Å². The van der Waals surface area contributed by atoms with Crippen molar-refractivity contribution in [2.24, 2.45) is 5.92 Å². The summed E-state index contributed by atoms with van der Waals surface area (Å²) in [4.78, 5) is 16.7. The lowest BCUT2D eigenvalue weighted by atomic mass is 10.0. The molecule has 0 bridgehead atoms. The molecule has 92 valence electrons. The van der Waals surface area contributed by atoms with Crippen molar-refractivity contribution >= 4 is 17.9 Å². The number of carbonyl (C=O) groups is 1.